The van der Waals surface area contributed by atoms with Gasteiger partial charge in [-0.25, -0.2) is 0 Å². The molecule has 7 nitrogen and oxygen atoms in total. The normalized spacial score (nSPS) is 43.2. The first-order chi connectivity index (χ1) is 12.5. The van der Waals surface area contributed by atoms with Gasteiger partial charge in [0.2, 0.25) is 0 Å². The molecular weight excluding hydrogens is 340 g/mol. The first-order valence-corrected chi connectivity index (χ1v) is 10.1. The van der Waals surface area contributed by atoms with Gasteiger partial charge in [-0.1, -0.05) is 25.7 Å². The van der Waals surface area contributed by atoms with E-state index in [0.29, 0.717) is 12.8 Å². The predicted octanol–water partition coefficient (Wildman–Crippen LogP) is 1.02. The summed E-state index contributed by atoms with van der Waals surface area (Å²) in [5.41, 5.74) is 0. The molecule has 0 amide bonds. The largest absolute Gasteiger partial charge is 0.456 e. The number of esters is 1. The Morgan fingerprint density at radius 3 is 2.12 bits per heavy atom. The smallest absolute Gasteiger partial charge is 0.309 e. The van der Waals surface area contributed by atoms with Gasteiger partial charge in [-0.05, 0) is 25.7 Å². The van der Waals surface area contributed by atoms with Crippen LogP contribution in [0.4, 0.5) is 0 Å². The molecule has 6 atom stereocenters. The second-order valence-electron chi connectivity index (χ2n) is 8.34. The minimum atomic E-state index is -1.43. The van der Waals surface area contributed by atoms with Gasteiger partial charge in [0.15, 0.2) is 11.9 Å². The molecule has 0 unspecified atom stereocenters. The zero-order valence-corrected chi connectivity index (χ0v) is 15.1. The Kier molecular flexibility index (Phi) is 5.27. The number of hydrogen-bond acceptors (Lipinski definition) is 7. The molecule has 3 saturated carbocycles. The van der Waals surface area contributed by atoms with Crippen LogP contribution in [0.3, 0.4) is 0 Å². The molecule has 4 fully saturated rings. The number of aliphatic hydroxyl groups excluding tert-OH is 3. The molecule has 4 rings (SSSR count). The fourth-order valence-corrected chi connectivity index (χ4v) is 4.99. The molecule has 0 aromatic rings. The molecule has 1 aliphatic heterocycles. The molecule has 3 N–H and O–H groups in total. The van der Waals surface area contributed by atoms with E-state index in [2.05, 4.69) is 0 Å². The highest BCUT2D eigenvalue weighted by atomic mass is 16.8. The zero-order chi connectivity index (χ0) is 18.3. The van der Waals surface area contributed by atoms with E-state index in [9.17, 15) is 20.1 Å². The summed E-state index contributed by atoms with van der Waals surface area (Å²) in [6.45, 7) is 0. The molecular formula is C19H30O7. The summed E-state index contributed by atoms with van der Waals surface area (Å²) >= 11 is 0. The van der Waals surface area contributed by atoms with Crippen LogP contribution >= 0.6 is 0 Å². The molecule has 1 saturated heterocycles. The lowest BCUT2D eigenvalue weighted by Crippen LogP contribution is -2.63. The Morgan fingerprint density at radius 2 is 1.42 bits per heavy atom. The summed E-state index contributed by atoms with van der Waals surface area (Å²) < 4.78 is 17.8. The molecule has 1 heterocycles. The second-order valence-corrected chi connectivity index (χ2v) is 8.34. The maximum Gasteiger partial charge on any atom is 0.309 e. The average molecular weight is 370 g/mol. The summed E-state index contributed by atoms with van der Waals surface area (Å²) in [7, 11) is 0. The summed E-state index contributed by atoms with van der Waals surface area (Å²) in [4.78, 5) is 12.6. The van der Waals surface area contributed by atoms with Crippen molar-refractivity contribution in [3.8, 4) is 0 Å². The Labute approximate surface area is 153 Å². The van der Waals surface area contributed by atoms with E-state index in [1.807, 2.05) is 0 Å². The van der Waals surface area contributed by atoms with Crippen LogP contribution in [0.15, 0.2) is 0 Å². The third-order valence-electron chi connectivity index (χ3n) is 6.53. The topological polar surface area (TPSA) is 105 Å². The summed E-state index contributed by atoms with van der Waals surface area (Å²) in [6, 6.07) is 0. The van der Waals surface area contributed by atoms with Gasteiger partial charge in [-0.15, -0.1) is 0 Å². The van der Waals surface area contributed by atoms with E-state index in [0.717, 1.165) is 51.4 Å². The monoisotopic (exact) mass is 370 g/mol. The van der Waals surface area contributed by atoms with Gasteiger partial charge in [0, 0.05) is 12.8 Å². The van der Waals surface area contributed by atoms with Crippen LogP contribution in [0.25, 0.3) is 0 Å². The van der Waals surface area contributed by atoms with E-state index in [4.69, 9.17) is 14.2 Å². The van der Waals surface area contributed by atoms with Crippen LogP contribution < -0.4 is 0 Å². The first kappa shape index (κ1) is 18.6. The molecule has 1 spiro atoms. The quantitative estimate of drug-likeness (QED) is 0.623. The Hall–Kier alpha value is -0.730. The lowest BCUT2D eigenvalue weighted by molar-refractivity contribution is -0.214. The minimum Gasteiger partial charge on any atom is -0.456 e. The van der Waals surface area contributed by atoms with Crippen LogP contribution in [0.2, 0.25) is 0 Å². The zero-order valence-electron chi connectivity index (χ0n) is 15.1. The van der Waals surface area contributed by atoms with Crippen LogP contribution in [0.5, 0.6) is 0 Å². The molecule has 4 aliphatic rings. The van der Waals surface area contributed by atoms with Gasteiger partial charge < -0.3 is 29.5 Å². The second kappa shape index (κ2) is 7.36. The maximum atomic E-state index is 12.6. The number of fused-ring (bicyclic) bond motifs is 1. The lowest BCUT2D eigenvalue weighted by Gasteiger charge is -2.41. The molecule has 0 bridgehead atoms. The highest BCUT2D eigenvalue weighted by Crippen LogP contribution is 2.45. The van der Waals surface area contributed by atoms with Crippen LogP contribution in [-0.4, -0.2) is 63.7 Å². The van der Waals surface area contributed by atoms with Crippen LogP contribution in [0.1, 0.15) is 64.2 Å². The number of carbonyl (C=O) groups excluding carboxylic acids is 1. The van der Waals surface area contributed by atoms with Crippen molar-refractivity contribution in [1.82, 2.24) is 0 Å². The summed E-state index contributed by atoms with van der Waals surface area (Å²) in [5.74, 6) is -1.30. The van der Waals surface area contributed by atoms with E-state index in [-0.39, 0.29) is 11.9 Å². The third kappa shape index (κ3) is 3.29. The van der Waals surface area contributed by atoms with Gasteiger partial charge in [-0.3, -0.25) is 4.79 Å². The minimum absolute atomic E-state index is 0.163. The standard InChI is InChI=1S/C19H30O7/c20-12-13(21)15(24-18(23)11-7-3-1-4-8-11)17-16(14(12)22)25-19(26-17)9-5-2-6-10-19/h11-17,20-22H,1-10H2/t12-,13-,14+,15+,16+,17-/m1/s1. The predicted molar refractivity (Wildman–Crippen MR) is 90.0 cm³/mol. The number of aliphatic hydroxyl groups is 3. The van der Waals surface area contributed by atoms with Crippen molar-refractivity contribution in [2.75, 3.05) is 0 Å². The van der Waals surface area contributed by atoms with Gasteiger partial charge in [0.05, 0.1) is 5.92 Å². The number of hydrogen-bond donors (Lipinski definition) is 3. The van der Waals surface area contributed by atoms with Gasteiger partial charge in [0.1, 0.15) is 30.5 Å². The van der Waals surface area contributed by atoms with E-state index in [1.54, 1.807) is 0 Å². The van der Waals surface area contributed by atoms with Crippen LogP contribution in [0, 0.1) is 5.92 Å². The first-order valence-electron chi connectivity index (χ1n) is 10.1. The fraction of sp³-hybridized carbons (Fsp3) is 0.947. The Morgan fingerprint density at radius 1 is 0.808 bits per heavy atom. The van der Waals surface area contributed by atoms with Crippen LogP contribution in [-0.2, 0) is 19.0 Å². The summed E-state index contributed by atoms with van der Waals surface area (Å²) in [5, 5.41) is 31.1. The average Bonchev–Trinajstić information content (AvgIpc) is 3.03. The number of rotatable bonds is 2. The molecule has 7 heteroatoms. The lowest BCUT2D eigenvalue weighted by atomic mass is 9.84. The molecule has 0 radical (unpaired) electrons. The van der Waals surface area contributed by atoms with Crippen molar-refractivity contribution in [2.45, 2.75) is 107 Å². The van der Waals surface area contributed by atoms with E-state index in [1.165, 1.54) is 0 Å². The van der Waals surface area contributed by atoms with Crippen molar-refractivity contribution in [3.05, 3.63) is 0 Å². The number of ether oxygens (including phenoxy) is 3. The fourth-order valence-electron chi connectivity index (χ4n) is 4.99. The van der Waals surface area contributed by atoms with Crippen molar-refractivity contribution in [3.63, 3.8) is 0 Å². The third-order valence-corrected chi connectivity index (χ3v) is 6.53. The molecule has 3 aliphatic carbocycles. The van der Waals surface area contributed by atoms with Crippen molar-refractivity contribution in [1.29, 1.82) is 0 Å². The summed E-state index contributed by atoms with van der Waals surface area (Å²) in [6.07, 6.45) is 2.54. The van der Waals surface area contributed by atoms with Crippen molar-refractivity contribution in [2.24, 2.45) is 5.92 Å². The highest BCUT2D eigenvalue weighted by molar-refractivity contribution is 5.72. The van der Waals surface area contributed by atoms with E-state index < -0.39 is 42.4 Å². The maximum absolute atomic E-state index is 12.6. The van der Waals surface area contributed by atoms with Gasteiger partial charge in [0.25, 0.3) is 0 Å². The number of carbonyl (C=O) groups is 1. The molecule has 148 valence electrons. The van der Waals surface area contributed by atoms with Crippen molar-refractivity contribution >= 4 is 5.97 Å². The Balaban J connectivity index is 1.51. The van der Waals surface area contributed by atoms with Crippen molar-refractivity contribution < 1.29 is 34.3 Å². The Bertz CT molecular complexity index is 512. The molecule has 0 aromatic carbocycles. The molecule has 0 aromatic heterocycles. The van der Waals surface area contributed by atoms with Gasteiger partial charge >= 0.3 is 5.97 Å². The SMILES string of the molecule is O=C(O[C@H]1[C@H](O)[C@@H](O)[C@H](O)[C@@H]2OC3(CCCCC3)O[C@H]12)C1CCCCC1. The molecule has 26 heavy (non-hydrogen) atoms. The van der Waals surface area contributed by atoms with Gasteiger partial charge in [-0.2, -0.15) is 0 Å². The van der Waals surface area contributed by atoms with E-state index >= 15 is 0 Å². The highest BCUT2D eigenvalue weighted by Gasteiger charge is 2.61.